The van der Waals surface area contributed by atoms with Crippen LogP contribution in [-0.2, 0) is 4.79 Å². The summed E-state index contributed by atoms with van der Waals surface area (Å²) in [6.07, 6.45) is 0.549. The third-order valence-electron chi connectivity index (χ3n) is 9.37. The minimum Gasteiger partial charge on any atom is -0.307 e. The number of hydrogen-bond donors (Lipinski definition) is 0. The van der Waals surface area contributed by atoms with E-state index in [1.54, 1.807) is 36.4 Å². The number of nitrogens with zero attached hydrogens (tertiary/aromatic N) is 6. The number of para-hydroxylation sites is 2. The van der Waals surface area contributed by atoms with E-state index in [4.69, 9.17) is 0 Å². The zero-order valence-electron chi connectivity index (χ0n) is 28.4. The molecular formula is C45H28N6O2. The predicted molar refractivity (Wildman–Crippen MR) is 206 cm³/mol. The van der Waals surface area contributed by atoms with Gasteiger partial charge in [0.15, 0.2) is 0 Å². The van der Waals surface area contributed by atoms with Crippen molar-refractivity contribution in [1.29, 1.82) is 10.5 Å². The molecule has 0 N–H and O–H groups in total. The Kier molecular flexibility index (Phi) is 8.32. The molecule has 0 aliphatic heterocycles. The molecular weight excluding hydrogens is 657 g/mol. The fourth-order valence-electron chi connectivity index (χ4n) is 6.97. The van der Waals surface area contributed by atoms with Crippen molar-refractivity contribution in [3.63, 3.8) is 0 Å². The summed E-state index contributed by atoms with van der Waals surface area (Å²) in [4.78, 5) is 38.1. The fraction of sp³-hybridized carbons (Fsp3) is 0.0222. The van der Waals surface area contributed by atoms with Crippen LogP contribution in [0.15, 0.2) is 146 Å². The lowest BCUT2D eigenvalue weighted by Gasteiger charge is -2.22. The summed E-state index contributed by atoms with van der Waals surface area (Å²) in [5, 5.41) is 21.2. The molecule has 0 spiro atoms. The third kappa shape index (κ3) is 5.67. The lowest BCUT2D eigenvalue weighted by Crippen LogP contribution is -2.31. The monoisotopic (exact) mass is 684 g/mol. The number of anilines is 1. The lowest BCUT2D eigenvalue weighted by atomic mass is 10.0. The number of nitriles is 2. The molecule has 250 valence electrons. The third-order valence-corrected chi connectivity index (χ3v) is 9.37. The van der Waals surface area contributed by atoms with Crippen molar-refractivity contribution >= 4 is 39.8 Å². The molecule has 8 nitrogen and oxygen atoms in total. The summed E-state index contributed by atoms with van der Waals surface area (Å²) in [5.41, 5.74) is 8.62. The van der Waals surface area contributed by atoms with E-state index in [0.717, 1.165) is 49.0 Å². The van der Waals surface area contributed by atoms with Gasteiger partial charge in [-0.25, -0.2) is 14.9 Å². The Balaban J connectivity index is 1.41. The van der Waals surface area contributed by atoms with Crippen LogP contribution in [0.5, 0.6) is 0 Å². The van der Waals surface area contributed by atoms with Crippen LogP contribution in [0.2, 0.25) is 0 Å². The minimum absolute atomic E-state index is 0.270. The fourth-order valence-corrected chi connectivity index (χ4v) is 6.97. The quantitative estimate of drug-likeness (QED) is 0.155. The molecule has 2 amide bonds. The van der Waals surface area contributed by atoms with Crippen molar-refractivity contribution in [3.8, 4) is 51.5 Å². The first-order valence-electron chi connectivity index (χ1n) is 16.9. The number of pyridine rings is 2. The molecule has 0 saturated carbocycles. The van der Waals surface area contributed by atoms with E-state index < -0.39 is 5.91 Å². The van der Waals surface area contributed by atoms with Crippen LogP contribution in [0.1, 0.15) is 27.3 Å². The number of rotatable bonds is 7. The number of hydrogen-bond acceptors (Lipinski definition) is 6. The van der Waals surface area contributed by atoms with Gasteiger partial charge >= 0.3 is 0 Å². The zero-order chi connectivity index (χ0) is 36.5. The highest BCUT2D eigenvalue weighted by Gasteiger charge is 2.27. The van der Waals surface area contributed by atoms with E-state index in [1.165, 1.54) is 0 Å². The molecule has 0 atom stereocenters. The SMILES string of the molecule is Cc1cccc(-n2c3c(-c4cccc(C#N)n4)cccc3c3cccc(-c4cccc(C#N)n4)c32)c1C(=O)N(C=O)c1ccc(-c2ccccc2)cc1. The van der Waals surface area contributed by atoms with E-state index in [2.05, 4.69) is 22.1 Å². The van der Waals surface area contributed by atoms with Gasteiger partial charge in [-0.3, -0.25) is 9.59 Å². The van der Waals surface area contributed by atoms with Crippen LogP contribution in [0, 0.1) is 29.6 Å². The van der Waals surface area contributed by atoms with Crippen LogP contribution in [0.4, 0.5) is 5.69 Å². The summed E-state index contributed by atoms with van der Waals surface area (Å²) in [6, 6.07) is 49.5. The molecule has 0 radical (unpaired) electrons. The first kappa shape index (κ1) is 32.5. The van der Waals surface area contributed by atoms with Crippen molar-refractivity contribution in [2.45, 2.75) is 6.92 Å². The van der Waals surface area contributed by atoms with Gasteiger partial charge in [-0.2, -0.15) is 10.5 Å². The van der Waals surface area contributed by atoms with Gasteiger partial charge in [0.25, 0.3) is 5.91 Å². The molecule has 53 heavy (non-hydrogen) atoms. The summed E-state index contributed by atoms with van der Waals surface area (Å²) in [7, 11) is 0. The van der Waals surface area contributed by atoms with Gasteiger partial charge in [-0.15, -0.1) is 0 Å². The molecule has 0 bridgehead atoms. The maximum atomic E-state index is 14.8. The Labute approximate surface area is 305 Å². The maximum Gasteiger partial charge on any atom is 0.267 e. The van der Waals surface area contributed by atoms with E-state index >= 15 is 0 Å². The molecule has 0 aliphatic rings. The number of carbonyl (C=O) groups is 2. The van der Waals surface area contributed by atoms with Gasteiger partial charge in [0.2, 0.25) is 6.41 Å². The first-order valence-corrected chi connectivity index (χ1v) is 16.9. The summed E-state index contributed by atoms with van der Waals surface area (Å²) >= 11 is 0. The van der Waals surface area contributed by atoms with E-state index in [1.807, 2.05) is 121 Å². The Hall–Kier alpha value is -7.68. The molecule has 8 heteroatoms. The number of aromatic nitrogens is 3. The lowest BCUT2D eigenvalue weighted by molar-refractivity contribution is -0.106. The van der Waals surface area contributed by atoms with Crippen molar-refractivity contribution in [2.75, 3.05) is 4.90 Å². The first-order chi connectivity index (χ1) is 26.0. The number of benzene rings is 5. The van der Waals surface area contributed by atoms with Crippen molar-refractivity contribution in [2.24, 2.45) is 0 Å². The van der Waals surface area contributed by atoms with Gasteiger partial charge in [0.05, 0.1) is 39.4 Å². The molecule has 3 heterocycles. The van der Waals surface area contributed by atoms with E-state index in [9.17, 15) is 20.1 Å². The topological polar surface area (TPSA) is 116 Å². The molecule has 0 unspecified atom stereocenters. The Morgan fingerprint density at radius 2 is 1.15 bits per heavy atom. The normalized spacial score (nSPS) is 10.8. The van der Waals surface area contributed by atoms with E-state index in [0.29, 0.717) is 40.3 Å². The van der Waals surface area contributed by atoms with Crippen LogP contribution < -0.4 is 4.90 Å². The second-order valence-corrected chi connectivity index (χ2v) is 12.4. The molecule has 8 aromatic rings. The molecule has 0 aliphatic carbocycles. The van der Waals surface area contributed by atoms with Gasteiger partial charge in [0, 0.05) is 21.9 Å². The van der Waals surface area contributed by atoms with Crippen LogP contribution >= 0.6 is 0 Å². The van der Waals surface area contributed by atoms with Gasteiger partial charge < -0.3 is 4.57 Å². The predicted octanol–water partition coefficient (Wildman–Crippen LogP) is 9.43. The maximum absolute atomic E-state index is 14.8. The average Bonchev–Trinajstić information content (AvgIpc) is 3.56. The number of carbonyl (C=O) groups excluding carboxylic acids is 2. The smallest absolute Gasteiger partial charge is 0.267 e. The molecule has 0 fully saturated rings. The molecule has 8 rings (SSSR count). The van der Waals surface area contributed by atoms with Crippen molar-refractivity contribution in [3.05, 3.63) is 168 Å². The largest absolute Gasteiger partial charge is 0.307 e. The summed E-state index contributed by atoms with van der Waals surface area (Å²) in [5.74, 6) is -0.500. The van der Waals surface area contributed by atoms with Crippen LogP contribution in [0.25, 0.3) is 61.1 Å². The second kappa shape index (κ2) is 13.6. The minimum atomic E-state index is -0.500. The van der Waals surface area contributed by atoms with Crippen molar-refractivity contribution in [1.82, 2.24) is 14.5 Å². The van der Waals surface area contributed by atoms with Crippen LogP contribution in [-0.4, -0.2) is 26.9 Å². The van der Waals surface area contributed by atoms with E-state index in [-0.39, 0.29) is 11.4 Å². The highest BCUT2D eigenvalue weighted by molar-refractivity contribution is 6.20. The second-order valence-electron chi connectivity index (χ2n) is 12.4. The Morgan fingerprint density at radius 1 is 0.623 bits per heavy atom. The highest BCUT2D eigenvalue weighted by Crippen LogP contribution is 2.42. The summed E-state index contributed by atoms with van der Waals surface area (Å²) in [6.45, 7) is 1.85. The molecule has 3 aromatic heterocycles. The number of aryl methyl sites for hydroxylation is 1. The van der Waals surface area contributed by atoms with Gasteiger partial charge in [0.1, 0.15) is 23.5 Å². The van der Waals surface area contributed by atoms with Gasteiger partial charge in [-0.1, -0.05) is 103 Å². The molecule has 5 aromatic carbocycles. The van der Waals surface area contributed by atoms with Crippen LogP contribution in [0.3, 0.4) is 0 Å². The highest BCUT2D eigenvalue weighted by atomic mass is 16.2. The summed E-state index contributed by atoms with van der Waals surface area (Å²) < 4.78 is 2.03. The molecule has 0 saturated heterocycles. The Morgan fingerprint density at radius 3 is 1.70 bits per heavy atom. The number of fused-ring (bicyclic) bond motifs is 3. The number of imide groups is 1. The van der Waals surface area contributed by atoms with Crippen molar-refractivity contribution < 1.29 is 9.59 Å². The Bertz CT molecular complexity index is 2690. The number of amides is 2. The van der Waals surface area contributed by atoms with Gasteiger partial charge in [-0.05, 0) is 66.1 Å². The average molecular weight is 685 g/mol. The zero-order valence-corrected chi connectivity index (χ0v) is 28.4. The standard InChI is InChI=1S/C45H28N6O2/c1-29-10-5-21-41(42(29)45(53)50(28-52)34-24-22-31(23-25-34)30-11-3-2-4-12-30)51-43-35(15-8-17-37(43)39-19-6-13-32(26-46)48-39)36-16-9-18-38(44(36)51)40-20-7-14-33(27-47)49-40/h2-25,28H,1H3.